The highest BCUT2D eigenvalue weighted by atomic mass is 79.9. The van der Waals surface area contributed by atoms with Gasteiger partial charge in [0.15, 0.2) is 0 Å². The van der Waals surface area contributed by atoms with E-state index in [0.29, 0.717) is 0 Å². The molecule has 4 nitrogen and oxygen atoms in total. The largest absolute Gasteiger partial charge is 0.370 e. The van der Waals surface area contributed by atoms with E-state index in [9.17, 15) is 0 Å². The minimum Gasteiger partial charge on any atom is -0.370 e. The van der Waals surface area contributed by atoms with Crippen LogP contribution in [0.4, 0.5) is 5.82 Å². The summed E-state index contributed by atoms with van der Waals surface area (Å²) in [7, 11) is 0. The molecule has 0 aliphatic heterocycles. The van der Waals surface area contributed by atoms with E-state index in [2.05, 4.69) is 63.9 Å². The van der Waals surface area contributed by atoms with Gasteiger partial charge in [-0.3, -0.25) is 0 Å². The van der Waals surface area contributed by atoms with Gasteiger partial charge in [0.25, 0.3) is 0 Å². The van der Waals surface area contributed by atoms with Crippen molar-refractivity contribution in [2.75, 3.05) is 11.9 Å². The van der Waals surface area contributed by atoms with Crippen molar-refractivity contribution < 1.29 is 0 Å². The topological polar surface area (TPSA) is 50.7 Å². The first-order valence-corrected chi connectivity index (χ1v) is 8.43. The van der Waals surface area contributed by atoms with Crippen LogP contribution < -0.4 is 5.32 Å². The average molecular weight is 367 g/mol. The molecule has 6 heteroatoms. The number of nitrogens with one attached hydrogen (secondary N) is 1. The number of nitrogens with zero attached hydrogens (tertiary/aromatic N) is 3. The Kier molecular flexibility index (Phi) is 5.22. The maximum Gasteiger partial charge on any atom is 0.137 e. The quantitative estimate of drug-likeness (QED) is 0.806. The van der Waals surface area contributed by atoms with Gasteiger partial charge in [0.2, 0.25) is 0 Å². The third kappa shape index (κ3) is 4.41. The van der Waals surface area contributed by atoms with E-state index < -0.39 is 0 Å². The molecule has 0 atom stereocenters. The first-order chi connectivity index (χ1) is 9.90. The fourth-order valence-corrected chi connectivity index (χ4v) is 2.91. The molecule has 0 saturated heterocycles. The summed E-state index contributed by atoms with van der Waals surface area (Å²) in [6, 6.07) is 5.84. The highest BCUT2D eigenvalue weighted by Crippen LogP contribution is 2.32. The SMILES string of the molecule is CCNc1cc(Sc2ncccc2Br)nc(C(C)(C)C)n1. The van der Waals surface area contributed by atoms with E-state index in [1.165, 1.54) is 11.8 Å². The molecule has 2 rings (SSSR count). The number of aromatic nitrogens is 3. The number of pyridine rings is 1. The standard InChI is InChI=1S/C15H19BrN4S/c1-5-17-11-9-12(20-14(19-11)15(2,3)4)21-13-10(16)7-6-8-18-13/h6-9H,5H2,1-4H3,(H,17,19,20). The van der Waals surface area contributed by atoms with Crippen molar-refractivity contribution in [1.82, 2.24) is 15.0 Å². The van der Waals surface area contributed by atoms with Crippen LogP contribution in [0, 0.1) is 0 Å². The van der Waals surface area contributed by atoms with Crippen LogP contribution in [0.3, 0.4) is 0 Å². The molecular weight excluding hydrogens is 348 g/mol. The van der Waals surface area contributed by atoms with Gasteiger partial charge in [-0.25, -0.2) is 15.0 Å². The zero-order valence-electron chi connectivity index (χ0n) is 12.6. The van der Waals surface area contributed by atoms with Crippen LogP contribution in [0.25, 0.3) is 0 Å². The molecule has 2 aromatic heterocycles. The Labute approximate surface area is 138 Å². The number of rotatable bonds is 4. The molecule has 112 valence electrons. The average Bonchev–Trinajstić information content (AvgIpc) is 2.41. The monoisotopic (exact) mass is 366 g/mol. The molecule has 2 heterocycles. The summed E-state index contributed by atoms with van der Waals surface area (Å²) < 4.78 is 0.968. The predicted octanol–water partition coefficient (Wildman–Crippen LogP) is 4.51. The van der Waals surface area contributed by atoms with Gasteiger partial charge in [0, 0.05) is 24.2 Å². The Morgan fingerprint density at radius 3 is 2.67 bits per heavy atom. The van der Waals surface area contributed by atoms with E-state index >= 15 is 0 Å². The Balaban J connectivity index is 2.38. The normalized spacial score (nSPS) is 11.5. The molecule has 0 aromatic carbocycles. The molecular formula is C15H19BrN4S. The van der Waals surface area contributed by atoms with E-state index in [-0.39, 0.29) is 5.41 Å². The first-order valence-electron chi connectivity index (χ1n) is 6.82. The van der Waals surface area contributed by atoms with E-state index in [4.69, 9.17) is 0 Å². The summed E-state index contributed by atoms with van der Waals surface area (Å²) in [5, 5.41) is 5.06. The second-order valence-electron chi connectivity index (χ2n) is 5.59. The van der Waals surface area contributed by atoms with Gasteiger partial charge in [0.1, 0.15) is 21.7 Å². The third-order valence-electron chi connectivity index (χ3n) is 2.66. The van der Waals surface area contributed by atoms with Gasteiger partial charge in [-0.15, -0.1) is 0 Å². The number of hydrogen-bond donors (Lipinski definition) is 1. The minimum absolute atomic E-state index is 0.0951. The lowest BCUT2D eigenvalue weighted by Gasteiger charge is -2.18. The van der Waals surface area contributed by atoms with E-state index in [1.54, 1.807) is 6.20 Å². The Morgan fingerprint density at radius 2 is 2.05 bits per heavy atom. The highest BCUT2D eigenvalue weighted by Gasteiger charge is 2.19. The molecule has 0 aliphatic carbocycles. The summed E-state index contributed by atoms with van der Waals surface area (Å²) in [6.45, 7) is 9.23. The first kappa shape index (κ1) is 16.2. The van der Waals surface area contributed by atoms with Gasteiger partial charge in [-0.1, -0.05) is 20.8 Å². The minimum atomic E-state index is -0.0951. The van der Waals surface area contributed by atoms with Crippen LogP contribution in [0.1, 0.15) is 33.5 Å². The third-order valence-corrected chi connectivity index (χ3v) is 4.50. The summed E-state index contributed by atoms with van der Waals surface area (Å²) >= 11 is 5.05. The number of halogens is 1. The molecule has 0 radical (unpaired) electrons. The lowest BCUT2D eigenvalue weighted by Crippen LogP contribution is -2.17. The molecule has 0 aliphatic rings. The Hall–Kier alpha value is -1.14. The van der Waals surface area contributed by atoms with Crippen LogP contribution in [0.15, 0.2) is 38.9 Å². The van der Waals surface area contributed by atoms with Crippen molar-refractivity contribution in [3.63, 3.8) is 0 Å². The van der Waals surface area contributed by atoms with Crippen molar-refractivity contribution in [2.45, 2.75) is 43.2 Å². The zero-order chi connectivity index (χ0) is 15.5. The summed E-state index contributed by atoms with van der Waals surface area (Å²) in [5.41, 5.74) is -0.0951. The molecule has 0 spiro atoms. The fraction of sp³-hybridized carbons (Fsp3) is 0.400. The second kappa shape index (κ2) is 6.75. The maximum absolute atomic E-state index is 4.67. The van der Waals surface area contributed by atoms with Crippen molar-refractivity contribution in [3.8, 4) is 0 Å². The van der Waals surface area contributed by atoms with Crippen molar-refractivity contribution >= 4 is 33.5 Å². The summed E-state index contributed by atoms with van der Waals surface area (Å²) in [6.07, 6.45) is 1.78. The Morgan fingerprint density at radius 1 is 1.29 bits per heavy atom. The van der Waals surface area contributed by atoms with Crippen LogP contribution in [0.5, 0.6) is 0 Å². The van der Waals surface area contributed by atoms with E-state index in [1.807, 2.05) is 18.2 Å². The predicted molar refractivity (Wildman–Crippen MR) is 91.0 cm³/mol. The summed E-state index contributed by atoms with van der Waals surface area (Å²) in [4.78, 5) is 13.6. The van der Waals surface area contributed by atoms with Crippen LogP contribution in [-0.4, -0.2) is 21.5 Å². The molecule has 1 N–H and O–H groups in total. The van der Waals surface area contributed by atoms with Crippen molar-refractivity contribution in [3.05, 3.63) is 34.7 Å². The van der Waals surface area contributed by atoms with Crippen molar-refractivity contribution in [2.24, 2.45) is 0 Å². The zero-order valence-corrected chi connectivity index (χ0v) is 15.0. The second-order valence-corrected chi connectivity index (χ2v) is 7.45. The maximum atomic E-state index is 4.67. The van der Waals surface area contributed by atoms with Crippen molar-refractivity contribution in [1.29, 1.82) is 0 Å². The lowest BCUT2D eigenvalue weighted by atomic mass is 9.96. The molecule has 0 amide bonds. The van der Waals surface area contributed by atoms with Crippen LogP contribution >= 0.6 is 27.7 Å². The van der Waals surface area contributed by atoms with Gasteiger partial charge in [0.05, 0.1) is 4.47 Å². The van der Waals surface area contributed by atoms with Crippen LogP contribution in [0.2, 0.25) is 0 Å². The fourth-order valence-electron chi connectivity index (χ4n) is 1.63. The van der Waals surface area contributed by atoms with Gasteiger partial charge in [-0.2, -0.15) is 0 Å². The van der Waals surface area contributed by atoms with Gasteiger partial charge in [-0.05, 0) is 46.7 Å². The highest BCUT2D eigenvalue weighted by molar-refractivity contribution is 9.10. The molecule has 0 bridgehead atoms. The van der Waals surface area contributed by atoms with Gasteiger partial charge >= 0.3 is 0 Å². The van der Waals surface area contributed by atoms with Gasteiger partial charge < -0.3 is 5.32 Å². The Bertz CT molecular complexity index is 625. The molecule has 21 heavy (non-hydrogen) atoms. The van der Waals surface area contributed by atoms with Crippen LogP contribution in [-0.2, 0) is 5.41 Å². The summed E-state index contributed by atoms with van der Waals surface area (Å²) in [5.74, 6) is 1.68. The molecule has 0 saturated carbocycles. The lowest BCUT2D eigenvalue weighted by molar-refractivity contribution is 0.539. The van der Waals surface area contributed by atoms with E-state index in [0.717, 1.165) is 32.7 Å². The molecule has 0 fully saturated rings. The smallest absolute Gasteiger partial charge is 0.137 e. The number of anilines is 1. The number of hydrogen-bond acceptors (Lipinski definition) is 5. The molecule has 0 unspecified atom stereocenters. The molecule has 2 aromatic rings.